The number of aliphatic hydroxyl groups is 2. The number of fused-ring (bicyclic) bond motifs is 1. The van der Waals surface area contributed by atoms with Crippen LogP contribution < -0.4 is 4.74 Å². The molecule has 0 unspecified atom stereocenters. The van der Waals surface area contributed by atoms with Crippen LogP contribution in [0.1, 0.15) is 36.2 Å². The van der Waals surface area contributed by atoms with Crippen LogP contribution in [0.25, 0.3) is 16.5 Å². The molecule has 0 radical (unpaired) electrons. The van der Waals surface area contributed by atoms with Crippen molar-refractivity contribution in [1.82, 2.24) is 0 Å². The molecule has 2 rings (SSSR count). The molecule has 4 atom stereocenters. The van der Waals surface area contributed by atoms with Crippen LogP contribution in [-0.2, 0) is 9.53 Å². The SMILES string of the molecule is C[C@@H]1OC(=O)c2c(O)cc(OCCN=[N+]=[N-])cc2/C=C/C[C@H](O)[C@H](O)C(=O)/C=C\[C@@H]1C. The summed E-state index contributed by atoms with van der Waals surface area (Å²) in [6.45, 7) is 3.49. The zero-order chi connectivity index (χ0) is 23.0. The van der Waals surface area contributed by atoms with Crippen molar-refractivity contribution in [2.24, 2.45) is 11.0 Å². The quantitative estimate of drug-likeness (QED) is 0.217. The molecule has 1 aromatic carbocycles. The summed E-state index contributed by atoms with van der Waals surface area (Å²) in [5.41, 5.74) is 8.48. The number of carbonyl (C=O) groups is 2. The number of aliphatic hydroxyl groups excluding tert-OH is 2. The number of ketones is 1. The summed E-state index contributed by atoms with van der Waals surface area (Å²) in [5, 5.41) is 33.9. The molecular weight excluding hydrogens is 406 g/mol. The average Bonchev–Trinajstić information content (AvgIpc) is 2.73. The van der Waals surface area contributed by atoms with E-state index >= 15 is 0 Å². The summed E-state index contributed by atoms with van der Waals surface area (Å²) in [4.78, 5) is 27.4. The Morgan fingerprint density at radius 2 is 2.00 bits per heavy atom. The largest absolute Gasteiger partial charge is 0.507 e. The molecule has 0 aliphatic carbocycles. The average molecular weight is 431 g/mol. The van der Waals surface area contributed by atoms with Gasteiger partial charge in [0.1, 0.15) is 29.3 Å². The number of nitrogens with zero attached hydrogens (tertiary/aromatic N) is 3. The van der Waals surface area contributed by atoms with E-state index in [1.807, 2.05) is 0 Å². The minimum absolute atomic E-state index is 0.0599. The molecule has 3 N–H and O–H groups in total. The van der Waals surface area contributed by atoms with Crippen LogP contribution in [0.5, 0.6) is 11.5 Å². The Balaban J connectivity index is 2.43. The molecule has 1 heterocycles. The molecule has 31 heavy (non-hydrogen) atoms. The molecule has 1 aromatic rings. The van der Waals surface area contributed by atoms with Crippen molar-refractivity contribution in [1.29, 1.82) is 0 Å². The fourth-order valence-corrected chi connectivity index (χ4v) is 2.80. The molecule has 0 aromatic heterocycles. The third-order valence-electron chi connectivity index (χ3n) is 4.78. The lowest BCUT2D eigenvalue weighted by Crippen LogP contribution is -2.32. The first-order chi connectivity index (χ1) is 14.7. The molecule has 1 aliphatic rings. The Morgan fingerprint density at radius 1 is 1.26 bits per heavy atom. The van der Waals surface area contributed by atoms with E-state index < -0.39 is 30.1 Å². The summed E-state index contributed by atoms with van der Waals surface area (Å²) in [6.07, 6.45) is 1.88. The van der Waals surface area contributed by atoms with Crippen molar-refractivity contribution < 1.29 is 34.4 Å². The second kappa shape index (κ2) is 11.2. The number of azide groups is 1. The zero-order valence-electron chi connectivity index (χ0n) is 17.2. The predicted octanol–water partition coefficient (Wildman–Crippen LogP) is 2.53. The van der Waals surface area contributed by atoms with Gasteiger partial charge in [-0.1, -0.05) is 30.3 Å². The minimum Gasteiger partial charge on any atom is -0.507 e. The summed E-state index contributed by atoms with van der Waals surface area (Å²) in [5.74, 6) is -1.94. The maximum Gasteiger partial charge on any atom is 0.342 e. The number of carbonyl (C=O) groups excluding carboxylic acids is 2. The first-order valence-corrected chi connectivity index (χ1v) is 9.71. The minimum atomic E-state index is -1.60. The fourth-order valence-electron chi connectivity index (χ4n) is 2.80. The van der Waals surface area contributed by atoms with E-state index in [1.54, 1.807) is 13.8 Å². The van der Waals surface area contributed by atoms with E-state index in [4.69, 9.17) is 15.0 Å². The van der Waals surface area contributed by atoms with Crippen LogP contribution in [0.4, 0.5) is 0 Å². The summed E-state index contributed by atoms with van der Waals surface area (Å²) < 4.78 is 10.9. The molecule has 0 saturated carbocycles. The van der Waals surface area contributed by atoms with Gasteiger partial charge in [-0.05, 0) is 36.6 Å². The highest BCUT2D eigenvalue weighted by atomic mass is 16.5. The molecule has 0 amide bonds. The normalized spacial score (nSPS) is 26.6. The second-order valence-corrected chi connectivity index (χ2v) is 7.09. The number of hydrogen-bond donors (Lipinski definition) is 3. The number of aromatic hydroxyl groups is 1. The first kappa shape index (κ1) is 23.9. The van der Waals surface area contributed by atoms with E-state index in [1.165, 1.54) is 30.4 Å². The van der Waals surface area contributed by atoms with Gasteiger partial charge in [-0.15, -0.1) is 0 Å². The van der Waals surface area contributed by atoms with Crippen molar-refractivity contribution in [3.05, 3.63) is 51.9 Å². The maximum atomic E-state index is 12.8. The summed E-state index contributed by atoms with van der Waals surface area (Å²) >= 11 is 0. The molecular formula is C21H25N3O7. The van der Waals surface area contributed by atoms with Gasteiger partial charge in [0, 0.05) is 16.9 Å². The van der Waals surface area contributed by atoms with Gasteiger partial charge in [-0.2, -0.15) is 0 Å². The van der Waals surface area contributed by atoms with Crippen molar-refractivity contribution in [3.63, 3.8) is 0 Å². The van der Waals surface area contributed by atoms with E-state index in [0.717, 1.165) is 6.08 Å². The lowest BCUT2D eigenvalue weighted by atomic mass is 9.99. The zero-order valence-corrected chi connectivity index (χ0v) is 17.2. The van der Waals surface area contributed by atoms with E-state index in [9.17, 15) is 24.9 Å². The highest BCUT2D eigenvalue weighted by Gasteiger charge is 2.25. The van der Waals surface area contributed by atoms with E-state index in [-0.39, 0.29) is 48.1 Å². The number of hydrogen-bond acceptors (Lipinski definition) is 8. The van der Waals surface area contributed by atoms with Gasteiger partial charge >= 0.3 is 5.97 Å². The van der Waals surface area contributed by atoms with Gasteiger partial charge in [-0.25, -0.2) is 4.79 Å². The highest BCUT2D eigenvalue weighted by molar-refractivity contribution is 5.97. The Kier molecular flexibility index (Phi) is 8.63. The third-order valence-corrected chi connectivity index (χ3v) is 4.78. The monoisotopic (exact) mass is 431 g/mol. The Hall–Kier alpha value is -3.33. The smallest absolute Gasteiger partial charge is 0.342 e. The number of ether oxygens (including phenoxy) is 2. The number of benzene rings is 1. The van der Waals surface area contributed by atoms with Gasteiger partial charge in [0.2, 0.25) is 0 Å². The van der Waals surface area contributed by atoms with Gasteiger partial charge in [0.15, 0.2) is 5.78 Å². The Labute approximate surface area is 179 Å². The van der Waals surface area contributed by atoms with Gasteiger partial charge < -0.3 is 24.8 Å². The summed E-state index contributed by atoms with van der Waals surface area (Å²) in [7, 11) is 0. The second-order valence-electron chi connectivity index (χ2n) is 7.09. The maximum absolute atomic E-state index is 12.8. The molecule has 1 aliphatic heterocycles. The van der Waals surface area contributed by atoms with Gasteiger partial charge in [0.25, 0.3) is 0 Å². The van der Waals surface area contributed by atoms with Crippen LogP contribution in [0, 0.1) is 5.92 Å². The van der Waals surface area contributed by atoms with E-state index in [0.29, 0.717) is 0 Å². The van der Waals surface area contributed by atoms with Crippen LogP contribution in [0.3, 0.4) is 0 Å². The lowest BCUT2D eigenvalue weighted by Gasteiger charge is -2.20. The molecule has 0 fully saturated rings. The topological polar surface area (TPSA) is 162 Å². The number of esters is 1. The van der Waals surface area contributed by atoms with E-state index in [2.05, 4.69) is 10.0 Å². The number of rotatable bonds is 4. The fraction of sp³-hybridized carbons (Fsp3) is 0.429. The molecule has 0 spiro atoms. The Morgan fingerprint density at radius 3 is 2.71 bits per heavy atom. The van der Waals surface area contributed by atoms with Crippen molar-refractivity contribution in [2.75, 3.05) is 13.2 Å². The summed E-state index contributed by atoms with van der Waals surface area (Å²) in [6, 6.07) is 2.73. The van der Waals surface area contributed by atoms with Crippen LogP contribution >= 0.6 is 0 Å². The van der Waals surface area contributed by atoms with Crippen molar-refractivity contribution >= 4 is 17.8 Å². The molecule has 166 valence electrons. The lowest BCUT2D eigenvalue weighted by molar-refractivity contribution is -0.127. The molecule has 0 saturated heterocycles. The van der Waals surface area contributed by atoms with Crippen LogP contribution in [0.2, 0.25) is 0 Å². The highest BCUT2D eigenvalue weighted by Crippen LogP contribution is 2.31. The number of phenols is 1. The first-order valence-electron chi connectivity index (χ1n) is 9.71. The molecule has 0 bridgehead atoms. The Bertz CT molecular complexity index is 922. The predicted molar refractivity (Wildman–Crippen MR) is 111 cm³/mol. The third kappa shape index (κ3) is 6.58. The number of cyclic esters (lactones) is 1. The van der Waals surface area contributed by atoms with Crippen molar-refractivity contribution in [3.8, 4) is 11.5 Å². The van der Waals surface area contributed by atoms with Gasteiger partial charge in [-0.3, -0.25) is 4.79 Å². The molecule has 10 nitrogen and oxygen atoms in total. The van der Waals surface area contributed by atoms with Crippen LogP contribution in [0.15, 0.2) is 35.5 Å². The van der Waals surface area contributed by atoms with Crippen LogP contribution in [-0.4, -0.2) is 58.5 Å². The number of phenolic OH excluding ortho intramolecular Hbond substituents is 1. The standard InChI is InChI=1S/C21H25N3O7/c1-12-6-7-17(26)20(28)16(25)5-3-4-14-10-15(30-9-8-23-24-22)11-18(27)19(14)21(29)31-13(12)2/h3-4,6-7,10-13,16,20,25,27-28H,5,8-9H2,1-2H3/b4-3+,7-6-/t12-,13-,16-,20-/m0/s1. The van der Waals surface area contributed by atoms with Gasteiger partial charge in [0.05, 0.1) is 19.3 Å². The van der Waals surface area contributed by atoms with Crippen molar-refractivity contribution in [2.45, 2.75) is 38.6 Å². The molecule has 10 heteroatoms.